The predicted octanol–water partition coefficient (Wildman–Crippen LogP) is 0.227. The molecule has 0 bridgehead atoms. The molecule has 0 heterocycles. The van der Waals surface area contributed by atoms with Crippen molar-refractivity contribution in [3.05, 3.63) is 0 Å². The molecule has 0 saturated heterocycles. The predicted molar refractivity (Wildman–Crippen MR) is 52.3 cm³/mol. The molecule has 76 valence electrons. The van der Waals surface area contributed by atoms with Gasteiger partial charge in [0.1, 0.15) is 0 Å². The molecule has 3 atom stereocenters. The van der Waals surface area contributed by atoms with Crippen LogP contribution in [0.4, 0.5) is 0 Å². The largest absolute Gasteiger partial charge is 0.392 e. The normalized spacial score (nSPS) is 36.5. The number of hydrogen-bond donors (Lipinski definition) is 3. The van der Waals surface area contributed by atoms with Crippen LogP contribution >= 0.6 is 0 Å². The Bertz CT molecular complexity index is 170. The molecule has 0 amide bonds. The van der Waals surface area contributed by atoms with Gasteiger partial charge in [-0.1, -0.05) is 0 Å². The van der Waals surface area contributed by atoms with Crippen molar-refractivity contribution in [3.8, 4) is 0 Å². The second-order valence-electron chi connectivity index (χ2n) is 4.58. The fourth-order valence-corrected chi connectivity index (χ4v) is 2.14. The van der Waals surface area contributed by atoms with Gasteiger partial charge in [0.2, 0.25) is 0 Å². The molecule has 2 aliphatic rings. The lowest BCUT2D eigenvalue weighted by atomic mass is 10.2. The molecule has 2 fully saturated rings. The third-order valence-corrected chi connectivity index (χ3v) is 3.26. The van der Waals surface area contributed by atoms with Crippen LogP contribution in [0.2, 0.25) is 0 Å². The molecule has 0 aromatic rings. The van der Waals surface area contributed by atoms with Gasteiger partial charge in [-0.2, -0.15) is 0 Å². The summed E-state index contributed by atoms with van der Waals surface area (Å²) in [5, 5.41) is 13.0. The zero-order valence-corrected chi connectivity index (χ0v) is 8.08. The van der Waals surface area contributed by atoms with E-state index in [1.807, 2.05) is 0 Å². The molecule has 0 aromatic heterocycles. The molecule has 2 aliphatic carbocycles. The summed E-state index contributed by atoms with van der Waals surface area (Å²) in [5.74, 6) is 0.586. The van der Waals surface area contributed by atoms with Crippen LogP contribution in [0.25, 0.3) is 0 Å². The summed E-state index contributed by atoms with van der Waals surface area (Å²) in [6, 6.07) is 0.943. The maximum Gasteiger partial charge on any atom is 0.0692 e. The summed E-state index contributed by atoms with van der Waals surface area (Å²) < 4.78 is 0. The molecular formula is C10H20N2O. The van der Waals surface area contributed by atoms with Gasteiger partial charge in [-0.25, -0.2) is 0 Å². The van der Waals surface area contributed by atoms with E-state index in [0.29, 0.717) is 18.0 Å². The summed E-state index contributed by atoms with van der Waals surface area (Å²) in [7, 11) is 0. The smallest absolute Gasteiger partial charge is 0.0692 e. The highest BCUT2D eigenvalue weighted by atomic mass is 16.3. The minimum absolute atomic E-state index is 0.114. The highest BCUT2D eigenvalue weighted by Gasteiger charge is 2.30. The third kappa shape index (κ3) is 2.66. The quantitative estimate of drug-likeness (QED) is 0.586. The first-order valence-corrected chi connectivity index (χ1v) is 5.42. The first-order valence-electron chi connectivity index (χ1n) is 5.42. The summed E-state index contributed by atoms with van der Waals surface area (Å²) >= 11 is 0. The number of aliphatic hydroxyl groups is 1. The molecule has 0 aromatic carbocycles. The van der Waals surface area contributed by atoms with Crippen molar-refractivity contribution in [1.29, 1.82) is 0 Å². The lowest BCUT2D eigenvalue weighted by molar-refractivity contribution is 0.144. The first kappa shape index (κ1) is 9.44. The number of nitrogens with one attached hydrogen (secondary N) is 1. The van der Waals surface area contributed by atoms with Crippen LogP contribution in [0, 0.1) is 5.92 Å². The van der Waals surface area contributed by atoms with Crippen molar-refractivity contribution in [2.75, 3.05) is 6.54 Å². The van der Waals surface area contributed by atoms with E-state index in [0.717, 1.165) is 19.4 Å². The summed E-state index contributed by atoms with van der Waals surface area (Å²) in [6.07, 6.45) is 5.71. The Labute approximate surface area is 79.7 Å². The van der Waals surface area contributed by atoms with Crippen LogP contribution in [0.1, 0.15) is 32.1 Å². The second kappa shape index (κ2) is 3.95. The highest BCUT2D eigenvalue weighted by Crippen LogP contribution is 2.32. The Morgan fingerprint density at radius 1 is 1.31 bits per heavy atom. The SMILES string of the molecule is NC1CCC(NCC(O)C2CC2)C1. The lowest BCUT2D eigenvalue weighted by Crippen LogP contribution is -2.35. The topological polar surface area (TPSA) is 58.3 Å². The van der Waals surface area contributed by atoms with Crippen LogP contribution in [0.3, 0.4) is 0 Å². The number of aliphatic hydroxyl groups excluding tert-OH is 1. The van der Waals surface area contributed by atoms with E-state index < -0.39 is 0 Å². The maximum atomic E-state index is 9.62. The fourth-order valence-electron chi connectivity index (χ4n) is 2.14. The van der Waals surface area contributed by atoms with E-state index in [4.69, 9.17) is 5.73 Å². The van der Waals surface area contributed by atoms with Gasteiger partial charge in [-0.3, -0.25) is 0 Å². The van der Waals surface area contributed by atoms with Crippen molar-refractivity contribution >= 4 is 0 Å². The van der Waals surface area contributed by atoms with Crippen LogP contribution in [-0.4, -0.2) is 29.8 Å². The minimum Gasteiger partial charge on any atom is -0.392 e. The second-order valence-corrected chi connectivity index (χ2v) is 4.58. The molecule has 3 heteroatoms. The molecule has 13 heavy (non-hydrogen) atoms. The first-order chi connectivity index (χ1) is 6.25. The van der Waals surface area contributed by atoms with Crippen LogP contribution < -0.4 is 11.1 Å². The Morgan fingerprint density at radius 3 is 2.62 bits per heavy atom. The van der Waals surface area contributed by atoms with E-state index >= 15 is 0 Å². The highest BCUT2D eigenvalue weighted by molar-refractivity contribution is 4.86. The van der Waals surface area contributed by atoms with Crippen molar-refractivity contribution in [3.63, 3.8) is 0 Å². The van der Waals surface area contributed by atoms with E-state index in [-0.39, 0.29) is 6.10 Å². The molecule has 0 radical (unpaired) electrons. The van der Waals surface area contributed by atoms with E-state index in [9.17, 15) is 5.11 Å². The zero-order valence-electron chi connectivity index (χ0n) is 8.08. The maximum absolute atomic E-state index is 9.62. The average Bonchev–Trinajstić information content (AvgIpc) is 2.87. The van der Waals surface area contributed by atoms with Crippen molar-refractivity contribution < 1.29 is 5.11 Å². The Hall–Kier alpha value is -0.120. The standard InChI is InChI=1S/C10H20N2O/c11-8-3-4-9(5-8)12-6-10(13)7-1-2-7/h7-10,12-13H,1-6,11H2. The average molecular weight is 184 g/mol. The fraction of sp³-hybridized carbons (Fsp3) is 1.00. The van der Waals surface area contributed by atoms with Crippen molar-refractivity contribution in [2.45, 2.75) is 50.3 Å². The van der Waals surface area contributed by atoms with Gasteiger partial charge in [0.25, 0.3) is 0 Å². The van der Waals surface area contributed by atoms with E-state index in [2.05, 4.69) is 5.32 Å². The minimum atomic E-state index is -0.114. The molecule has 0 spiro atoms. The van der Waals surface area contributed by atoms with Gasteiger partial charge >= 0.3 is 0 Å². The van der Waals surface area contributed by atoms with Crippen LogP contribution in [-0.2, 0) is 0 Å². The Morgan fingerprint density at radius 2 is 2.08 bits per heavy atom. The van der Waals surface area contributed by atoms with Gasteiger partial charge in [0.05, 0.1) is 6.10 Å². The van der Waals surface area contributed by atoms with Gasteiger partial charge in [-0.05, 0) is 38.0 Å². The van der Waals surface area contributed by atoms with Gasteiger partial charge < -0.3 is 16.2 Å². The molecule has 3 unspecified atom stereocenters. The molecule has 2 saturated carbocycles. The van der Waals surface area contributed by atoms with Crippen molar-refractivity contribution in [2.24, 2.45) is 11.7 Å². The van der Waals surface area contributed by atoms with Crippen LogP contribution in [0.15, 0.2) is 0 Å². The van der Waals surface area contributed by atoms with E-state index in [1.54, 1.807) is 0 Å². The zero-order chi connectivity index (χ0) is 9.26. The molecular weight excluding hydrogens is 164 g/mol. The Balaban J connectivity index is 1.61. The molecule has 4 N–H and O–H groups in total. The number of nitrogens with two attached hydrogens (primary N) is 1. The molecule has 3 nitrogen and oxygen atoms in total. The monoisotopic (exact) mass is 184 g/mol. The van der Waals surface area contributed by atoms with Crippen molar-refractivity contribution in [1.82, 2.24) is 5.32 Å². The van der Waals surface area contributed by atoms with Gasteiger partial charge in [0, 0.05) is 18.6 Å². The number of rotatable bonds is 4. The molecule has 0 aliphatic heterocycles. The lowest BCUT2D eigenvalue weighted by Gasteiger charge is -2.15. The third-order valence-electron chi connectivity index (χ3n) is 3.26. The summed E-state index contributed by atoms with van der Waals surface area (Å²) in [6.45, 7) is 0.766. The van der Waals surface area contributed by atoms with Gasteiger partial charge in [-0.15, -0.1) is 0 Å². The van der Waals surface area contributed by atoms with Crippen LogP contribution in [0.5, 0.6) is 0 Å². The van der Waals surface area contributed by atoms with Gasteiger partial charge in [0.15, 0.2) is 0 Å². The Kier molecular flexibility index (Phi) is 2.86. The summed E-state index contributed by atoms with van der Waals surface area (Å²) in [4.78, 5) is 0. The summed E-state index contributed by atoms with van der Waals surface area (Å²) in [5.41, 5.74) is 5.80. The van der Waals surface area contributed by atoms with E-state index in [1.165, 1.54) is 19.3 Å². The molecule has 2 rings (SSSR count). The number of hydrogen-bond acceptors (Lipinski definition) is 3.